The first-order valence-electron chi connectivity index (χ1n) is 6.71. The zero-order chi connectivity index (χ0) is 15.0. The smallest absolute Gasteiger partial charge is 0.332 e. The molecule has 0 unspecified atom stereocenters. The van der Waals surface area contributed by atoms with Gasteiger partial charge in [-0.2, -0.15) is 4.98 Å². The second-order valence-electron chi connectivity index (χ2n) is 4.33. The lowest BCUT2D eigenvalue weighted by atomic mass is 10.2. The number of aliphatic hydroxyl groups excluding tert-OH is 1. The van der Waals surface area contributed by atoms with Gasteiger partial charge in [-0.1, -0.05) is 0 Å². The highest BCUT2D eigenvalue weighted by atomic mass is 16.6. The quantitative estimate of drug-likeness (QED) is 0.359. The molecular formula is C12H21N5O3. The first kappa shape index (κ1) is 16.1. The lowest BCUT2D eigenvalue weighted by Gasteiger charge is -2.10. The van der Waals surface area contributed by atoms with E-state index in [1.807, 2.05) is 6.92 Å². The SMILES string of the molecule is CCNc1nc(C)c([N+](=O)[O-])c(NCCCCCO)n1. The van der Waals surface area contributed by atoms with E-state index in [1.54, 1.807) is 6.92 Å². The third kappa shape index (κ3) is 4.61. The number of rotatable bonds is 9. The van der Waals surface area contributed by atoms with Crippen molar-refractivity contribution in [2.24, 2.45) is 0 Å². The van der Waals surface area contributed by atoms with Crippen molar-refractivity contribution in [2.75, 3.05) is 30.3 Å². The number of anilines is 2. The number of aryl methyl sites for hydroxylation is 1. The first-order chi connectivity index (χ1) is 9.60. The zero-order valence-corrected chi connectivity index (χ0v) is 11.8. The Balaban J connectivity index is 2.81. The molecule has 0 aliphatic carbocycles. The van der Waals surface area contributed by atoms with E-state index in [0.717, 1.165) is 19.3 Å². The van der Waals surface area contributed by atoms with Gasteiger partial charge in [-0.3, -0.25) is 10.1 Å². The molecule has 112 valence electrons. The molecule has 0 bridgehead atoms. The maximum Gasteiger partial charge on any atom is 0.332 e. The van der Waals surface area contributed by atoms with Crippen LogP contribution < -0.4 is 10.6 Å². The van der Waals surface area contributed by atoms with Gasteiger partial charge in [0.2, 0.25) is 11.8 Å². The molecule has 0 aliphatic heterocycles. The molecule has 0 spiro atoms. The van der Waals surface area contributed by atoms with Gasteiger partial charge in [-0.15, -0.1) is 0 Å². The number of unbranched alkanes of at least 4 members (excludes halogenated alkanes) is 2. The van der Waals surface area contributed by atoms with Gasteiger partial charge in [-0.25, -0.2) is 4.98 Å². The summed E-state index contributed by atoms with van der Waals surface area (Å²) >= 11 is 0. The van der Waals surface area contributed by atoms with E-state index in [-0.39, 0.29) is 18.1 Å². The molecule has 1 rings (SSSR count). The van der Waals surface area contributed by atoms with Crippen molar-refractivity contribution in [3.63, 3.8) is 0 Å². The lowest BCUT2D eigenvalue weighted by molar-refractivity contribution is -0.385. The van der Waals surface area contributed by atoms with Crippen molar-refractivity contribution in [3.8, 4) is 0 Å². The normalized spacial score (nSPS) is 10.3. The minimum Gasteiger partial charge on any atom is -0.396 e. The molecule has 8 heteroatoms. The van der Waals surface area contributed by atoms with Crippen LogP contribution in [-0.2, 0) is 0 Å². The monoisotopic (exact) mass is 283 g/mol. The van der Waals surface area contributed by atoms with Crippen LogP contribution in [0.25, 0.3) is 0 Å². The Bertz CT molecular complexity index is 453. The largest absolute Gasteiger partial charge is 0.396 e. The molecule has 0 radical (unpaired) electrons. The van der Waals surface area contributed by atoms with Gasteiger partial charge >= 0.3 is 5.69 Å². The molecule has 0 aromatic carbocycles. The highest BCUT2D eigenvalue weighted by molar-refractivity contribution is 5.60. The molecule has 1 heterocycles. The maximum atomic E-state index is 11.1. The summed E-state index contributed by atoms with van der Waals surface area (Å²) in [6, 6.07) is 0. The van der Waals surface area contributed by atoms with Gasteiger partial charge in [0, 0.05) is 19.7 Å². The molecule has 0 fully saturated rings. The van der Waals surface area contributed by atoms with Gasteiger partial charge in [0.15, 0.2) is 0 Å². The van der Waals surface area contributed by atoms with Crippen molar-refractivity contribution < 1.29 is 10.0 Å². The third-order valence-electron chi connectivity index (χ3n) is 2.70. The van der Waals surface area contributed by atoms with E-state index >= 15 is 0 Å². The number of nitro groups is 1. The standard InChI is InChI=1S/C12H21N5O3/c1-3-13-12-15-9(2)10(17(19)20)11(16-12)14-7-5-4-6-8-18/h18H,3-8H2,1-2H3,(H2,13,14,15,16). The molecule has 1 aromatic heterocycles. The van der Waals surface area contributed by atoms with Crippen molar-refractivity contribution in [3.05, 3.63) is 15.8 Å². The number of nitrogens with zero attached hydrogens (tertiary/aromatic N) is 3. The lowest BCUT2D eigenvalue weighted by Crippen LogP contribution is -2.12. The number of aromatic nitrogens is 2. The molecular weight excluding hydrogens is 262 g/mol. The number of nitrogens with one attached hydrogen (secondary N) is 2. The Morgan fingerprint density at radius 2 is 2.00 bits per heavy atom. The molecule has 0 atom stereocenters. The van der Waals surface area contributed by atoms with E-state index < -0.39 is 4.92 Å². The summed E-state index contributed by atoms with van der Waals surface area (Å²) < 4.78 is 0. The summed E-state index contributed by atoms with van der Waals surface area (Å²) in [6.07, 6.45) is 2.41. The van der Waals surface area contributed by atoms with E-state index in [4.69, 9.17) is 5.11 Å². The molecule has 3 N–H and O–H groups in total. The van der Waals surface area contributed by atoms with E-state index in [2.05, 4.69) is 20.6 Å². The average molecular weight is 283 g/mol. The van der Waals surface area contributed by atoms with Crippen LogP contribution in [0.15, 0.2) is 0 Å². The summed E-state index contributed by atoms with van der Waals surface area (Å²) in [6.45, 7) is 4.88. The van der Waals surface area contributed by atoms with E-state index in [9.17, 15) is 10.1 Å². The Labute approximate surface area is 117 Å². The van der Waals surface area contributed by atoms with Crippen molar-refractivity contribution in [1.29, 1.82) is 0 Å². The summed E-state index contributed by atoms with van der Waals surface area (Å²) in [4.78, 5) is 18.8. The molecule has 0 amide bonds. The van der Waals surface area contributed by atoms with Crippen molar-refractivity contribution >= 4 is 17.5 Å². The fourth-order valence-electron chi connectivity index (χ4n) is 1.77. The van der Waals surface area contributed by atoms with Crippen LogP contribution in [0.2, 0.25) is 0 Å². The van der Waals surface area contributed by atoms with E-state index in [0.29, 0.717) is 24.7 Å². The Hall–Kier alpha value is -1.96. The molecule has 0 aliphatic rings. The van der Waals surface area contributed by atoms with Gasteiger partial charge < -0.3 is 15.7 Å². The maximum absolute atomic E-state index is 11.1. The van der Waals surface area contributed by atoms with Crippen LogP contribution in [-0.4, -0.2) is 39.7 Å². The van der Waals surface area contributed by atoms with Crippen LogP contribution in [0, 0.1) is 17.0 Å². The summed E-state index contributed by atoms with van der Waals surface area (Å²) in [7, 11) is 0. The second kappa shape index (κ2) is 8.26. The Kier molecular flexibility index (Phi) is 6.65. The van der Waals surface area contributed by atoms with Crippen LogP contribution >= 0.6 is 0 Å². The Morgan fingerprint density at radius 1 is 1.25 bits per heavy atom. The van der Waals surface area contributed by atoms with Crippen LogP contribution in [0.3, 0.4) is 0 Å². The second-order valence-corrected chi connectivity index (χ2v) is 4.33. The van der Waals surface area contributed by atoms with Gasteiger partial charge in [0.05, 0.1) is 4.92 Å². The Morgan fingerprint density at radius 3 is 2.60 bits per heavy atom. The van der Waals surface area contributed by atoms with Crippen LogP contribution in [0.1, 0.15) is 31.9 Å². The van der Waals surface area contributed by atoms with Crippen LogP contribution in [0.4, 0.5) is 17.5 Å². The minimum atomic E-state index is -0.471. The summed E-state index contributed by atoms with van der Waals surface area (Å²) in [5.74, 6) is 0.621. The summed E-state index contributed by atoms with van der Waals surface area (Å²) in [5, 5.41) is 25.7. The van der Waals surface area contributed by atoms with Crippen LogP contribution in [0.5, 0.6) is 0 Å². The minimum absolute atomic E-state index is 0.0891. The fourth-order valence-corrected chi connectivity index (χ4v) is 1.77. The zero-order valence-electron chi connectivity index (χ0n) is 11.8. The van der Waals surface area contributed by atoms with Gasteiger partial charge in [-0.05, 0) is 33.1 Å². The van der Waals surface area contributed by atoms with Crippen molar-refractivity contribution in [2.45, 2.75) is 33.1 Å². The van der Waals surface area contributed by atoms with Gasteiger partial charge in [0.25, 0.3) is 0 Å². The highest BCUT2D eigenvalue weighted by Gasteiger charge is 2.21. The topological polar surface area (TPSA) is 113 Å². The van der Waals surface area contributed by atoms with Gasteiger partial charge in [0.1, 0.15) is 5.69 Å². The highest BCUT2D eigenvalue weighted by Crippen LogP contribution is 2.26. The third-order valence-corrected chi connectivity index (χ3v) is 2.70. The molecule has 0 saturated carbocycles. The molecule has 8 nitrogen and oxygen atoms in total. The average Bonchev–Trinajstić information content (AvgIpc) is 2.38. The predicted molar refractivity (Wildman–Crippen MR) is 77.0 cm³/mol. The summed E-state index contributed by atoms with van der Waals surface area (Å²) in [5.41, 5.74) is 0.243. The molecule has 1 aromatic rings. The number of aliphatic hydroxyl groups is 1. The molecule has 20 heavy (non-hydrogen) atoms. The first-order valence-corrected chi connectivity index (χ1v) is 6.71. The molecule has 0 saturated heterocycles. The number of hydrogen-bond acceptors (Lipinski definition) is 7. The van der Waals surface area contributed by atoms with Crippen molar-refractivity contribution in [1.82, 2.24) is 9.97 Å². The number of hydrogen-bond donors (Lipinski definition) is 3. The van der Waals surface area contributed by atoms with E-state index in [1.165, 1.54) is 0 Å². The predicted octanol–water partition coefficient (Wildman–Crippen LogP) is 1.70. The fraction of sp³-hybridized carbons (Fsp3) is 0.667.